The van der Waals surface area contributed by atoms with Crippen LogP contribution in [0.15, 0.2) is 0 Å². The Balaban J connectivity index is 2.75. The van der Waals surface area contributed by atoms with Gasteiger partial charge in [-0.1, -0.05) is 40.0 Å². The van der Waals surface area contributed by atoms with Crippen molar-refractivity contribution in [2.75, 3.05) is 0 Å². The largest absolute Gasteiger partial charge is 0.0625 e. The van der Waals surface area contributed by atoms with Gasteiger partial charge in [-0.3, -0.25) is 0 Å². The molecule has 0 saturated heterocycles. The molecule has 0 amide bonds. The Morgan fingerprint density at radius 3 is 2.44 bits per heavy atom. The minimum absolute atomic E-state index is 0.759. The van der Waals surface area contributed by atoms with Gasteiger partial charge in [-0.05, 0) is 18.8 Å². The highest BCUT2D eigenvalue weighted by Gasteiger charge is 1.92. The molecular weight excluding hydrogens is 108 g/mol. The van der Waals surface area contributed by atoms with Gasteiger partial charge in [-0.15, -0.1) is 0 Å². The SMILES string of the molecule is [CH2]CCCC[CH]C(C)C. The zero-order valence-corrected chi connectivity index (χ0v) is 6.69. The summed E-state index contributed by atoms with van der Waals surface area (Å²) in [6, 6.07) is 0. The summed E-state index contributed by atoms with van der Waals surface area (Å²) in [5.74, 6) is 0.759. The zero-order valence-electron chi connectivity index (χ0n) is 6.69. The fourth-order valence-electron chi connectivity index (χ4n) is 0.772. The molecule has 0 fully saturated rings. The van der Waals surface area contributed by atoms with Gasteiger partial charge in [0.05, 0.1) is 0 Å². The van der Waals surface area contributed by atoms with Gasteiger partial charge in [-0.2, -0.15) is 0 Å². The van der Waals surface area contributed by atoms with Crippen molar-refractivity contribution in [3.8, 4) is 0 Å². The van der Waals surface area contributed by atoms with Crippen molar-refractivity contribution in [3.63, 3.8) is 0 Å². The topological polar surface area (TPSA) is 0 Å². The van der Waals surface area contributed by atoms with E-state index in [4.69, 9.17) is 0 Å². The molecule has 0 rings (SSSR count). The molecule has 0 heteroatoms. The Morgan fingerprint density at radius 2 is 2.00 bits per heavy atom. The second kappa shape index (κ2) is 6.12. The van der Waals surface area contributed by atoms with Crippen molar-refractivity contribution in [2.45, 2.75) is 39.5 Å². The van der Waals surface area contributed by atoms with E-state index in [1.807, 2.05) is 0 Å². The van der Waals surface area contributed by atoms with Crippen molar-refractivity contribution in [3.05, 3.63) is 13.3 Å². The van der Waals surface area contributed by atoms with Crippen LogP contribution in [0.2, 0.25) is 0 Å². The quantitative estimate of drug-likeness (QED) is 0.496. The highest BCUT2D eigenvalue weighted by atomic mass is 14.0. The van der Waals surface area contributed by atoms with Gasteiger partial charge in [0.25, 0.3) is 0 Å². The van der Waals surface area contributed by atoms with Gasteiger partial charge < -0.3 is 0 Å². The molecule has 0 atom stereocenters. The molecule has 0 saturated carbocycles. The molecule has 0 aliphatic heterocycles. The minimum atomic E-state index is 0.759. The van der Waals surface area contributed by atoms with Gasteiger partial charge in [0.15, 0.2) is 0 Å². The average molecular weight is 126 g/mol. The van der Waals surface area contributed by atoms with Gasteiger partial charge in [0.2, 0.25) is 0 Å². The fraction of sp³-hybridized carbons (Fsp3) is 0.778. The first kappa shape index (κ1) is 9.00. The van der Waals surface area contributed by atoms with Crippen LogP contribution in [-0.4, -0.2) is 0 Å². The first-order valence-electron chi connectivity index (χ1n) is 3.90. The minimum Gasteiger partial charge on any atom is -0.0625 e. The average Bonchev–Trinajstić information content (AvgIpc) is 1.80. The highest BCUT2D eigenvalue weighted by molar-refractivity contribution is 4.67. The van der Waals surface area contributed by atoms with Crippen molar-refractivity contribution in [2.24, 2.45) is 5.92 Å². The summed E-state index contributed by atoms with van der Waals surface area (Å²) in [6.45, 7) is 8.24. The van der Waals surface area contributed by atoms with Crippen LogP contribution in [0, 0.1) is 19.3 Å². The maximum Gasteiger partial charge on any atom is -0.0360 e. The number of hydrogen-bond donors (Lipinski definition) is 0. The Morgan fingerprint density at radius 1 is 1.33 bits per heavy atom. The molecule has 9 heavy (non-hydrogen) atoms. The summed E-state index contributed by atoms with van der Waals surface area (Å²) in [7, 11) is 0. The van der Waals surface area contributed by atoms with E-state index in [9.17, 15) is 0 Å². The molecule has 0 aromatic heterocycles. The molecule has 0 spiro atoms. The summed E-state index contributed by atoms with van der Waals surface area (Å²) in [5.41, 5.74) is 0. The fourth-order valence-corrected chi connectivity index (χ4v) is 0.772. The molecule has 0 aromatic carbocycles. The Bertz CT molecular complexity index is 46.0. The van der Waals surface area contributed by atoms with Crippen LogP contribution in [-0.2, 0) is 0 Å². The van der Waals surface area contributed by atoms with Crippen molar-refractivity contribution in [1.29, 1.82) is 0 Å². The number of hydrogen-bond acceptors (Lipinski definition) is 0. The Labute approximate surface area is 59.7 Å². The summed E-state index contributed by atoms with van der Waals surface area (Å²) in [6.07, 6.45) is 7.33. The first-order valence-corrected chi connectivity index (χ1v) is 3.90. The lowest BCUT2D eigenvalue weighted by Crippen LogP contribution is -1.87. The molecule has 0 heterocycles. The lowest BCUT2D eigenvalue weighted by atomic mass is 10.1. The van der Waals surface area contributed by atoms with Crippen molar-refractivity contribution >= 4 is 0 Å². The molecule has 0 aromatic rings. The van der Waals surface area contributed by atoms with Gasteiger partial charge >= 0.3 is 0 Å². The molecule has 54 valence electrons. The molecule has 0 bridgehead atoms. The van der Waals surface area contributed by atoms with Crippen molar-refractivity contribution in [1.82, 2.24) is 0 Å². The van der Waals surface area contributed by atoms with E-state index >= 15 is 0 Å². The predicted octanol–water partition coefficient (Wildman–Crippen LogP) is 3.24. The van der Waals surface area contributed by atoms with E-state index < -0.39 is 0 Å². The van der Waals surface area contributed by atoms with Crippen molar-refractivity contribution < 1.29 is 0 Å². The lowest BCUT2D eigenvalue weighted by molar-refractivity contribution is 0.651. The lowest BCUT2D eigenvalue weighted by Gasteiger charge is -2.01. The van der Waals surface area contributed by atoms with E-state index in [1.54, 1.807) is 0 Å². The Kier molecular flexibility index (Phi) is 6.12. The van der Waals surface area contributed by atoms with Crippen LogP contribution in [0.25, 0.3) is 0 Å². The molecule has 0 unspecified atom stereocenters. The highest BCUT2D eigenvalue weighted by Crippen LogP contribution is 2.07. The van der Waals surface area contributed by atoms with E-state index in [-0.39, 0.29) is 0 Å². The van der Waals surface area contributed by atoms with E-state index in [1.165, 1.54) is 19.3 Å². The molecule has 0 aliphatic rings. The molecular formula is C9H18. The smallest absolute Gasteiger partial charge is 0.0360 e. The van der Waals surface area contributed by atoms with Crippen LogP contribution in [0.1, 0.15) is 39.5 Å². The second-order valence-corrected chi connectivity index (χ2v) is 2.83. The third kappa shape index (κ3) is 8.00. The van der Waals surface area contributed by atoms with Crippen LogP contribution in [0.3, 0.4) is 0 Å². The van der Waals surface area contributed by atoms with E-state index in [0.717, 1.165) is 12.3 Å². The third-order valence-corrected chi connectivity index (χ3v) is 1.34. The van der Waals surface area contributed by atoms with Crippen LogP contribution >= 0.6 is 0 Å². The first-order chi connectivity index (χ1) is 4.27. The standard InChI is InChI=1S/C9H18/c1-4-5-6-7-8-9(2)3/h8-9H,1,4-7H2,2-3H3. The van der Waals surface area contributed by atoms with E-state index in [2.05, 4.69) is 27.2 Å². The van der Waals surface area contributed by atoms with E-state index in [0.29, 0.717) is 0 Å². The summed E-state index contributed by atoms with van der Waals surface area (Å²) in [4.78, 5) is 0. The molecule has 0 aliphatic carbocycles. The molecule has 0 N–H and O–H groups in total. The summed E-state index contributed by atoms with van der Waals surface area (Å²) >= 11 is 0. The van der Waals surface area contributed by atoms with Gasteiger partial charge in [0.1, 0.15) is 0 Å². The second-order valence-electron chi connectivity index (χ2n) is 2.83. The number of rotatable bonds is 5. The maximum atomic E-state index is 3.79. The zero-order chi connectivity index (χ0) is 7.11. The van der Waals surface area contributed by atoms with Crippen LogP contribution < -0.4 is 0 Å². The summed E-state index contributed by atoms with van der Waals surface area (Å²) < 4.78 is 0. The predicted molar refractivity (Wildman–Crippen MR) is 43.0 cm³/mol. The van der Waals surface area contributed by atoms with Gasteiger partial charge in [-0.25, -0.2) is 0 Å². The molecule has 2 radical (unpaired) electrons. The van der Waals surface area contributed by atoms with Crippen LogP contribution in [0.4, 0.5) is 0 Å². The molecule has 0 nitrogen and oxygen atoms in total. The monoisotopic (exact) mass is 126 g/mol. The maximum absolute atomic E-state index is 3.79. The van der Waals surface area contributed by atoms with Gasteiger partial charge in [0, 0.05) is 0 Å². The normalized spacial score (nSPS) is 10.7. The summed E-state index contributed by atoms with van der Waals surface area (Å²) in [5, 5.41) is 0. The number of unbranched alkanes of at least 4 members (excludes halogenated alkanes) is 3. The Hall–Kier alpha value is 0. The third-order valence-electron chi connectivity index (χ3n) is 1.34. The van der Waals surface area contributed by atoms with Crippen LogP contribution in [0.5, 0.6) is 0 Å².